The van der Waals surface area contributed by atoms with Gasteiger partial charge in [0.15, 0.2) is 0 Å². The molecule has 0 aliphatic heterocycles. The van der Waals surface area contributed by atoms with Crippen LogP contribution in [0, 0.1) is 0 Å². The van der Waals surface area contributed by atoms with E-state index in [1.54, 1.807) is 0 Å². The monoisotopic (exact) mass is 424 g/mol. The Morgan fingerprint density at radius 3 is 2.26 bits per heavy atom. The SMILES string of the molecule is CC(C)=CCC/C(C)=C/Cn1nnc(NC(=O)Nc2c(C(C)C)cccc2C(C)C)n1. The van der Waals surface area contributed by atoms with Gasteiger partial charge in [0.25, 0.3) is 5.95 Å². The van der Waals surface area contributed by atoms with Crippen LogP contribution in [0.3, 0.4) is 0 Å². The number of anilines is 2. The van der Waals surface area contributed by atoms with Crippen molar-refractivity contribution < 1.29 is 4.79 Å². The smallest absolute Gasteiger partial charge is 0.307 e. The summed E-state index contributed by atoms with van der Waals surface area (Å²) < 4.78 is 0. The van der Waals surface area contributed by atoms with E-state index in [1.165, 1.54) is 15.9 Å². The first-order chi connectivity index (χ1) is 14.7. The van der Waals surface area contributed by atoms with Gasteiger partial charge in [-0.25, -0.2) is 4.79 Å². The third-order valence-electron chi connectivity index (χ3n) is 4.98. The summed E-state index contributed by atoms with van der Waals surface area (Å²) in [5.74, 6) is 0.765. The summed E-state index contributed by atoms with van der Waals surface area (Å²) in [6.07, 6.45) is 6.34. The molecule has 2 aromatic rings. The average Bonchev–Trinajstić information content (AvgIpc) is 3.13. The van der Waals surface area contributed by atoms with Crippen LogP contribution >= 0.6 is 0 Å². The summed E-state index contributed by atoms with van der Waals surface area (Å²) in [5, 5.41) is 17.9. The summed E-state index contributed by atoms with van der Waals surface area (Å²) in [7, 11) is 0. The Labute approximate surface area is 186 Å². The largest absolute Gasteiger partial charge is 0.326 e. The highest BCUT2D eigenvalue weighted by molar-refractivity contribution is 5.99. The molecule has 7 heteroatoms. The van der Waals surface area contributed by atoms with E-state index < -0.39 is 0 Å². The maximum absolute atomic E-state index is 12.6. The Hall–Kier alpha value is -2.96. The van der Waals surface area contributed by atoms with Crippen molar-refractivity contribution in [1.29, 1.82) is 0 Å². The van der Waals surface area contributed by atoms with Crippen molar-refractivity contribution in [3.63, 3.8) is 0 Å². The van der Waals surface area contributed by atoms with Gasteiger partial charge >= 0.3 is 6.03 Å². The predicted molar refractivity (Wildman–Crippen MR) is 128 cm³/mol. The van der Waals surface area contributed by atoms with Gasteiger partial charge in [-0.1, -0.05) is 74.3 Å². The number of urea groups is 1. The van der Waals surface area contributed by atoms with E-state index in [0.717, 1.165) is 29.7 Å². The number of hydrogen-bond donors (Lipinski definition) is 2. The lowest BCUT2D eigenvalue weighted by molar-refractivity contribution is 0.262. The lowest BCUT2D eigenvalue weighted by Crippen LogP contribution is -2.22. The summed E-state index contributed by atoms with van der Waals surface area (Å²) >= 11 is 0. The quantitative estimate of drug-likeness (QED) is 0.465. The molecule has 0 aliphatic rings. The fourth-order valence-electron chi connectivity index (χ4n) is 3.24. The second kappa shape index (κ2) is 11.4. The molecule has 7 nitrogen and oxygen atoms in total. The van der Waals surface area contributed by atoms with E-state index >= 15 is 0 Å². The van der Waals surface area contributed by atoms with E-state index in [2.05, 4.69) is 86.7 Å². The molecule has 2 amide bonds. The number of nitrogens with one attached hydrogen (secondary N) is 2. The summed E-state index contributed by atoms with van der Waals surface area (Å²) in [5.41, 5.74) is 5.66. The molecule has 0 spiro atoms. The first kappa shape index (κ1) is 24.3. The standard InChI is InChI=1S/C24H36N6O/c1-16(2)10-8-11-19(7)14-15-30-28-23(27-29-30)26-24(31)25-22-20(17(3)4)12-9-13-21(22)18(5)6/h9-10,12-14,17-18H,8,11,15H2,1-7H3,(H2,25,26,28,31)/b19-14+. The summed E-state index contributed by atoms with van der Waals surface area (Å²) in [6.45, 7) is 15.3. The Kier molecular flexibility index (Phi) is 8.97. The molecule has 0 fully saturated rings. The number of carbonyl (C=O) groups excluding carboxylic acids is 1. The molecule has 1 aromatic carbocycles. The van der Waals surface area contributed by atoms with Gasteiger partial charge in [-0.05, 0) is 61.8 Å². The molecule has 0 bridgehead atoms. The highest BCUT2D eigenvalue weighted by Gasteiger charge is 2.16. The van der Waals surface area contributed by atoms with Crippen molar-refractivity contribution in [3.8, 4) is 0 Å². The number of tetrazole rings is 1. The highest BCUT2D eigenvalue weighted by Crippen LogP contribution is 2.32. The number of nitrogens with zero attached hydrogens (tertiary/aromatic N) is 4. The highest BCUT2D eigenvalue weighted by atomic mass is 16.2. The van der Waals surface area contributed by atoms with Crippen LogP contribution in [-0.2, 0) is 6.54 Å². The number of aromatic nitrogens is 4. The van der Waals surface area contributed by atoms with Gasteiger partial charge < -0.3 is 5.32 Å². The van der Waals surface area contributed by atoms with Crippen LogP contribution in [-0.4, -0.2) is 26.2 Å². The van der Waals surface area contributed by atoms with Gasteiger partial charge in [0.05, 0.1) is 6.54 Å². The van der Waals surface area contributed by atoms with Gasteiger partial charge in [0, 0.05) is 5.69 Å². The predicted octanol–water partition coefficient (Wildman–Crippen LogP) is 6.26. The van der Waals surface area contributed by atoms with Gasteiger partial charge in [-0.3, -0.25) is 5.32 Å². The van der Waals surface area contributed by atoms with Crippen LogP contribution in [0.4, 0.5) is 16.4 Å². The first-order valence-corrected chi connectivity index (χ1v) is 10.9. The minimum absolute atomic E-state index is 0.182. The normalized spacial score (nSPS) is 11.7. The molecule has 0 aliphatic carbocycles. The van der Waals surface area contributed by atoms with Crippen molar-refractivity contribution in [1.82, 2.24) is 20.2 Å². The number of benzene rings is 1. The van der Waals surface area contributed by atoms with Crippen LogP contribution in [0.2, 0.25) is 0 Å². The lowest BCUT2D eigenvalue weighted by Gasteiger charge is -2.20. The van der Waals surface area contributed by atoms with Gasteiger partial charge in [0.1, 0.15) is 0 Å². The zero-order valence-corrected chi connectivity index (χ0v) is 19.9. The van der Waals surface area contributed by atoms with E-state index in [-0.39, 0.29) is 12.0 Å². The number of hydrogen-bond acceptors (Lipinski definition) is 4. The zero-order chi connectivity index (χ0) is 23.0. The van der Waals surface area contributed by atoms with Crippen molar-refractivity contribution in [3.05, 3.63) is 52.6 Å². The Bertz CT molecular complexity index is 909. The molecule has 2 N–H and O–H groups in total. The third kappa shape index (κ3) is 7.66. The first-order valence-electron chi connectivity index (χ1n) is 10.9. The number of para-hydroxylation sites is 1. The fraction of sp³-hybridized carbons (Fsp3) is 0.500. The molecule has 1 heterocycles. The van der Waals surface area contributed by atoms with Crippen LogP contribution in [0.5, 0.6) is 0 Å². The van der Waals surface area contributed by atoms with E-state index in [1.807, 2.05) is 18.2 Å². The van der Waals surface area contributed by atoms with E-state index in [9.17, 15) is 4.79 Å². The molecule has 168 valence electrons. The second-order valence-corrected chi connectivity index (χ2v) is 8.74. The fourth-order valence-corrected chi connectivity index (χ4v) is 3.24. The average molecular weight is 425 g/mol. The molecule has 2 rings (SSSR count). The molecule has 31 heavy (non-hydrogen) atoms. The van der Waals surface area contributed by atoms with Gasteiger partial charge in [0.2, 0.25) is 0 Å². The molecule has 0 unspecified atom stereocenters. The Balaban J connectivity index is 2.01. The number of allylic oxidation sites excluding steroid dienone is 4. The summed E-state index contributed by atoms with van der Waals surface area (Å²) in [4.78, 5) is 14.1. The van der Waals surface area contributed by atoms with Crippen molar-refractivity contribution in [2.24, 2.45) is 0 Å². The van der Waals surface area contributed by atoms with Crippen LogP contribution < -0.4 is 10.6 Å². The van der Waals surface area contributed by atoms with E-state index in [0.29, 0.717) is 18.4 Å². The molecular formula is C24H36N6O. The molecule has 0 radical (unpaired) electrons. The summed E-state index contributed by atoms with van der Waals surface area (Å²) in [6, 6.07) is 5.76. The number of rotatable bonds is 9. The number of amides is 2. The number of carbonyl (C=O) groups is 1. The van der Waals surface area contributed by atoms with Crippen molar-refractivity contribution >= 4 is 17.7 Å². The van der Waals surface area contributed by atoms with Crippen LogP contribution in [0.25, 0.3) is 0 Å². The third-order valence-corrected chi connectivity index (χ3v) is 4.98. The van der Waals surface area contributed by atoms with Crippen LogP contribution in [0.15, 0.2) is 41.5 Å². The molecule has 0 atom stereocenters. The molecular weight excluding hydrogens is 388 g/mol. The van der Waals surface area contributed by atoms with Gasteiger partial charge in [-0.2, -0.15) is 4.80 Å². The van der Waals surface area contributed by atoms with E-state index in [4.69, 9.17) is 0 Å². The zero-order valence-electron chi connectivity index (χ0n) is 19.9. The van der Waals surface area contributed by atoms with Crippen molar-refractivity contribution in [2.75, 3.05) is 10.6 Å². The minimum Gasteiger partial charge on any atom is -0.307 e. The van der Waals surface area contributed by atoms with Gasteiger partial charge in [-0.15, -0.1) is 5.10 Å². The second-order valence-electron chi connectivity index (χ2n) is 8.74. The molecule has 0 saturated heterocycles. The minimum atomic E-state index is -0.372. The van der Waals surface area contributed by atoms with Crippen LogP contribution in [0.1, 0.15) is 84.3 Å². The lowest BCUT2D eigenvalue weighted by atomic mass is 9.93. The molecule has 1 aromatic heterocycles. The Morgan fingerprint density at radius 1 is 1.03 bits per heavy atom. The van der Waals surface area contributed by atoms with Crippen molar-refractivity contribution in [2.45, 2.75) is 79.7 Å². The Morgan fingerprint density at radius 2 is 1.68 bits per heavy atom. The molecule has 0 saturated carbocycles. The maximum atomic E-state index is 12.6. The topological polar surface area (TPSA) is 84.7 Å². The maximum Gasteiger partial charge on any atom is 0.326 e.